The average molecular weight is 474 g/mol. The van der Waals surface area contributed by atoms with Gasteiger partial charge in [0.15, 0.2) is 11.9 Å². The first-order valence-corrected chi connectivity index (χ1v) is 11.7. The fourth-order valence-corrected chi connectivity index (χ4v) is 4.64. The van der Waals surface area contributed by atoms with Crippen LogP contribution in [0.5, 0.6) is 0 Å². The predicted octanol–water partition coefficient (Wildman–Crippen LogP) is 4.56. The lowest BCUT2D eigenvalue weighted by atomic mass is 10.1. The zero-order valence-corrected chi connectivity index (χ0v) is 18.4. The second kappa shape index (κ2) is 9.24. The van der Waals surface area contributed by atoms with Crippen molar-refractivity contribution in [2.45, 2.75) is 30.9 Å². The number of carbonyl (C=O) groups is 1. The van der Waals surface area contributed by atoms with Crippen molar-refractivity contribution < 1.29 is 26.7 Å². The Kier molecular flexibility index (Phi) is 6.39. The number of imidazole rings is 1. The summed E-state index contributed by atoms with van der Waals surface area (Å²) in [6.45, 7) is -1.62. The normalized spacial score (nSPS) is 13.0. The molecule has 0 bridgehead atoms. The van der Waals surface area contributed by atoms with Crippen LogP contribution in [0.25, 0.3) is 21.8 Å². The molecule has 1 atom stereocenters. The monoisotopic (exact) mass is 473 g/mol. The van der Waals surface area contributed by atoms with Crippen LogP contribution >= 0.6 is 0 Å². The van der Waals surface area contributed by atoms with Crippen molar-refractivity contribution in [3.63, 3.8) is 0 Å². The number of ether oxygens (including phenoxy) is 1. The highest BCUT2D eigenvalue weighted by Gasteiger charge is 2.24. The number of halogens is 2. The van der Waals surface area contributed by atoms with E-state index < -0.39 is 28.6 Å². The largest absolute Gasteiger partial charge is 0.454 e. The van der Waals surface area contributed by atoms with Gasteiger partial charge in [0.25, 0.3) is 0 Å². The summed E-state index contributed by atoms with van der Waals surface area (Å²) >= 11 is 0. The highest BCUT2D eigenvalue weighted by Crippen LogP contribution is 2.28. The minimum atomic E-state index is -3.84. The molecule has 0 radical (unpaired) electrons. The molecular weight excluding hydrogens is 452 g/mol. The van der Waals surface area contributed by atoms with Gasteiger partial charge in [-0.3, -0.25) is 9.36 Å². The molecule has 3 aromatic carbocycles. The van der Waals surface area contributed by atoms with E-state index in [9.17, 15) is 22.0 Å². The van der Waals surface area contributed by atoms with Crippen LogP contribution in [0.3, 0.4) is 0 Å². The van der Waals surface area contributed by atoms with Gasteiger partial charge in [0, 0.05) is 6.54 Å². The molecule has 0 aliphatic heterocycles. The second-order valence-electron chi connectivity index (χ2n) is 7.40. The van der Waals surface area contributed by atoms with Crippen LogP contribution < -0.4 is 4.72 Å². The predicted molar refractivity (Wildman–Crippen MR) is 119 cm³/mol. The first-order valence-electron chi connectivity index (χ1n) is 10.2. The maximum atomic E-state index is 13.6. The lowest BCUT2D eigenvalue weighted by molar-refractivity contribution is -0.149. The molecular formula is C23H21F2N3O4S. The SMILES string of the molecule is CC(OC(=O)CCNS(=O)(=O)c1ccc2ccccc2c1)c1nc2ccccc2n1C(F)F. The molecule has 7 nitrogen and oxygen atoms in total. The van der Waals surface area contributed by atoms with Gasteiger partial charge in [-0.05, 0) is 42.0 Å². The zero-order chi connectivity index (χ0) is 23.6. The van der Waals surface area contributed by atoms with Gasteiger partial charge in [0.1, 0.15) is 0 Å². The lowest BCUT2D eigenvalue weighted by Gasteiger charge is -2.15. The van der Waals surface area contributed by atoms with E-state index in [0.717, 1.165) is 15.3 Å². The van der Waals surface area contributed by atoms with E-state index in [-0.39, 0.29) is 29.2 Å². The van der Waals surface area contributed by atoms with E-state index in [4.69, 9.17) is 4.74 Å². The highest BCUT2D eigenvalue weighted by atomic mass is 32.2. The Balaban J connectivity index is 1.39. The van der Waals surface area contributed by atoms with Crippen LogP contribution in [0.2, 0.25) is 0 Å². The van der Waals surface area contributed by atoms with E-state index in [1.807, 2.05) is 18.2 Å². The Bertz CT molecular complexity index is 1420. The number of carbonyl (C=O) groups excluding carboxylic acids is 1. The third-order valence-electron chi connectivity index (χ3n) is 5.14. The van der Waals surface area contributed by atoms with Crippen LogP contribution in [0.1, 0.15) is 31.8 Å². The van der Waals surface area contributed by atoms with Crippen LogP contribution in [-0.4, -0.2) is 30.5 Å². The summed E-state index contributed by atoms with van der Waals surface area (Å²) in [6.07, 6.45) is -1.32. The summed E-state index contributed by atoms with van der Waals surface area (Å²) in [4.78, 5) is 16.5. The van der Waals surface area contributed by atoms with Gasteiger partial charge in [-0.2, -0.15) is 8.78 Å². The highest BCUT2D eigenvalue weighted by molar-refractivity contribution is 7.89. The third-order valence-corrected chi connectivity index (χ3v) is 6.60. The van der Waals surface area contributed by atoms with Crippen molar-refractivity contribution in [3.8, 4) is 0 Å². The minimum Gasteiger partial charge on any atom is -0.454 e. The summed E-state index contributed by atoms with van der Waals surface area (Å²) in [7, 11) is -3.84. The molecule has 0 saturated heterocycles. The van der Waals surface area contributed by atoms with Gasteiger partial charge in [-0.1, -0.05) is 42.5 Å². The number of para-hydroxylation sites is 2. The summed E-state index contributed by atoms with van der Waals surface area (Å²) in [5.41, 5.74) is 0.590. The van der Waals surface area contributed by atoms with Crippen LogP contribution in [0.15, 0.2) is 71.6 Å². The zero-order valence-electron chi connectivity index (χ0n) is 17.6. The van der Waals surface area contributed by atoms with Gasteiger partial charge in [0.05, 0.1) is 22.3 Å². The molecule has 0 aliphatic carbocycles. The molecule has 0 saturated carbocycles. The lowest BCUT2D eigenvalue weighted by Crippen LogP contribution is -2.27. The number of aromatic nitrogens is 2. The van der Waals surface area contributed by atoms with Crippen LogP contribution in [0.4, 0.5) is 8.78 Å². The Morgan fingerprint density at radius 3 is 2.52 bits per heavy atom. The van der Waals surface area contributed by atoms with Crippen LogP contribution in [-0.2, 0) is 19.6 Å². The fraction of sp³-hybridized carbons (Fsp3) is 0.217. The fourth-order valence-electron chi connectivity index (χ4n) is 3.57. The van der Waals surface area contributed by atoms with Gasteiger partial charge < -0.3 is 4.74 Å². The van der Waals surface area contributed by atoms with Crippen molar-refractivity contribution in [2.75, 3.05) is 6.54 Å². The molecule has 1 N–H and O–H groups in total. The topological polar surface area (TPSA) is 90.3 Å². The molecule has 33 heavy (non-hydrogen) atoms. The number of esters is 1. The smallest absolute Gasteiger partial charge is 0.320 e. The van der Waals surface area contributed by atoms with Crippen LogP contribution in [0, 0.1) is 0 Å². The molecule has 0 aliphatic rings. The van der Waals surface area contributed by atoms with E-state index in [2.05, 4.69) is 9.71 Å². The van der Waals surface area contributed by atoms with E-state index in [1.165, 1.54) is 19.1 Å². The summed E-state index contributed by atoms with van der Waals surface area (Å²) in [5, 5.41) is 1.68. The molecule has 4 rings (SSSR count). The molecule has 1 heterocycles. The molecule has 0 fully saturated rings. The number of sulfonamides is 1. The Labute approximate surface area is 189 Å². The number of benzene rings is 3. The third kappa shape index (κ3) is 4.86. The summed E-state index contributed by atoms with van der Waals surface area (Å²) < 4.78 is 60.6. The van der Waals surface area contributed by atoms with Crippen molar-refractivity contribution in [1.29, 1.82) is 0 Å². The van der Waals surface area contributed by atoms with E-state index >= 15 is 0 Å². The molecule has 1 aromatic heterocycles. The number of rotatable bonds is 8. The molecule has 0 amide bonds. The minimum absolute atomic E-state index is 0.0774. The average Bonchev–Trinajstić information content (AvgIpc) is 3.19. The molecule has 172 valence electrons. The number of fused-ring (bicyclic) bond motifs is 2. The maximum Gasteiger partial charge on any atom is 0.320 e. The summed E-state index contributed by atoms with van der Waals surface area (Å²) in [5.74, 6) is -0.826. The second-order valence-corrected chi connectivity index (χ2v) is 9.16. The van der Waals surface area contributed by atoms with Crippen molar-refractivity contribution >= 4 is 37.8 Å². The number of hydrogen-bond acceptors (Lipinski definition) is 5. The molecule has 10 heteroatoms. The van der Waals surface area contributed by atoms with Crippen molar-refractivity contribution in [2.24, 2.45) is 0 Å². The number of alkyl halides is 2. The van der Waals surface area contributed by atoms with E-state index in [0.29, 0.717) is 5.52 Å². The molecule has 1 unspecified atom stereocenters. The number of nitrogens with zero attached hydrogens (tertiary/aromatic N) is 2. The number of nitrogens with one attached hydrogen (secondary N) is 1. The first kappa shape index (κ1) is 22.8. The van der Waals surface area contributed by atoms with Gasteiger partial charge >= 0.3 is 12.5 Å². The van der Waals surface area contributed by atoms with Crippen molar-refractivity contribution in [1.82, 2.24) is 14.3 Å². The summed E-state index contributed by atoms with van der Waals surface area (Å²) in [6, 6.07) is 18.5. The van der Waals surface area contributed by atoms with Gasteiger partial charge in [0.2, 0.25) is 10.0 Å². The van der Waals surface area contributed by atoms with Gasteiger partial charge in [-0.25, -0.2) is 18.1 Å². The quantitative estimate of drug-likeness (QED) is 0.379. The molecule has 4 aromatic rings. The molecule has 0 spiro atoms. The number of hydrogen-bond donors (Lipinski definition) is 1. The van der Waals surface area contributed by atoms with Gasteiger partial charge in [-0.15, -0.1) is 0 Å². The first-order chi connectivity index (χ1) is 15.8. The maximum absolute atomic E-state index is 13.6. The standard InChI is InChI=1S/C23H21F2N3O4S/c1-15(22-27-19-8-4-5-9-20(19)28(22)23(24)25)32-21(29)12-13-26-33(30,31)18-11-10-16-6-2-3-7-17(16)14-18/h2-11,14-15,23,26H,12-13H2,1H3. The Hall–Kier alpha value is -3.37. The van der Waals surface area contributed by atoms with E-state index in [1.54, 1.807) is 36.4 Å². The Morgan fingerprint density at radius 2 is 1.76 bits per heavy atom. The Morgan fingerprint density at radius 1 is 1.06 bits per heavy atom. The van der Waals surface area contributed by atoms with Crippen molar-refractivity contribution in [3.05, 3.63) is 72.6 Å².